The van der Waals surface area contributed by atoms with Crippen LogP contribution in [0.15, 0.2) is 48.8 Å². The molecule has 2 aromatic heterocycles. The number of hydrogen-bond donors (Lipinski definition) is 1. The normalized spacial score (nSPS) is 10.7. The van der Waals surface area contributed by atoms with E-state index in [0.717, 1.165) is 16.6 Å². The number of anilines is 2. The summed E-state index contributed by atoms with van der Waals surface area (Å²) in [5, 5.41) is 0. The van der Waals surface area contributed by atoms with Gasteiger partial charge in [0.05, 0.1) is 11.0 Å². The Balaban J connectivity index is 1.95. The summed E-state index contributed by atoms with van der Waals surface area (Å²) in [6.07, 6.45) is 3.59. The molecular formula is C15H15N5. The first-order valence-electron chi connectivity index (χ1n) is 6.36. The Morgan fingerprint density at radius 2 is 1.80 bits per heavy atom. The van der Waals surface area contributed by atoms with Crippen LogP contribution >= 0.6 is 0 Å². The highest BCUT2D eigenvalue weighted by Gasteiger charge is 2.10. The van der Waals surface area contributed by atoms with Gasteiger partial charge < -0.3 is 10.6 Å². The molecule has 0 aliphatic rings. The summed E-state index contributed by atoms with van der Waals surface area (Å²) in [6.45, 7) is 0.686. The van der Waals surface area contributed by atoms with Crippen molar-refractivity contribution >= 4 is 22.7 Å². The first kappa shape index (κ1) is 12.3. The minimum absolute atomic E-state index is 0.440. The van der Waals surface area contributed by atoms with E-state index >= 15 is 0 Å². The Morgan fingerprint density at radius 1 is 1.05 bits per heavy atom. The quantitative estimate of drug-likeness (QED) is 0.786. The second kappa shape index (κ2) is 5.13. The van der Waals surface area contributed by atoms with Gasteiger partial charge in [-0.2, -0.15) is 0 Å². The van der Waals surface area contributed by atoms with Crippen molar-refractivity contribution in [2.24, 2.45) is 0 Å². The van der Waals surface area contributed by atoms with Crippen molar-refractivity contribution in [2.75, 3.05) is 17.7 Å². The third-order valence-electron chi connectivity index (χ3n) is 3.08. The lowest BCUT2D eigenvalue weighted by atomic mass is 10.2. The highest BCUT2D eigenvalue weighted by Crippen LogP contribution is 2.22. The second-order valence-electron chi connectivity index (χ2n) is 4.64. The molecule has 0 aliphatic heterocycles. The molecule has 0 spiro atoms. The number of para-hydroxylation sites is 2. The molecule has 0 aliphatic carbocycles. The molecule has 5 nitrogen and oxygen atoms in total. The fourth-order valence-electron chi connectivity index (χ4n) is 2.13. The van der Waals surface area contributed by atoms with Gasteiger partial charge in [0, 0.05) is 26.0 Å². The maximum absolute atomic E-state index is 6.01. The van der Waals surface area contributed by atoms with E-state index in [-0.39, 0.29) is 0 Å². The van der Waals surface area contributed by atoms with Gasteiger partial charge in [-0.3, -0.25) is 4.98 Å². The highest BCUT2D eigenvalue weighted by atomic mass is 15.2. The standard InChI is InChI=1S/C15H15N5/c1-20(10-11-5-4-8-17-9-11)15-14(16)18-12-6-2-3-7-13(12)19-15/h2-9H,10H2,1H3,(H2,16,18). The van der Waals surface area contributed by atoms with E-state index in [1.54, 1.807) is 6.20 Å². The summed E-state index contributed by atoms with van der Waals surface area (Å²) >= 11 is 0. The molecule has 20 heavy (non-hydrogen) atoms. The van der Waals surface area contributed by atoms with Crippen molar-refractivity contribution in [3.05, 3.63) is 54.4 Å². The van der Waals surface area contributed by atoms with Gasteiger partial charge in [-0.25, -0.2) is 9.97 Å². The highest BCUT2D eigenvalue weighted by molar-refractivity contribution is 5.79. The lowest BCUT2D eigenvalue weighted by Gasteiger charge is -2.19. The van der Waals surface area contributed by atoms with Crippen LogP contribution in [-0.4, -0.2) is 22.0 Å². The molecule has 100 valence electrons. The fourth-order valence-corrected chi connectivity index (χ4v) is 2.13. The van der Waals surface area contributed by atoms with Gasteiger partial charge in [-0.15, -0.1) is 0 Å². The smallest absolute Gasteiger partial charge is 0.172 e. The molecule has 0 unspecified atom stereocenters. The Hall–Kier alpha value is -2.69. The van der Waals surface area contributed by atoms with Crippen LogP contribution < -0.4 is 10.6 Å². The minimum Gasteiger partial charge on any atom is -0.381 e. The number of fused-ring (bicyclic) bond motifs is 1. The average molecular weight is 265 g/mol. The van der Waals surface area contributed by atoms with Crippen molar-refractivity contribution in [1.82, 2.24) is 15.0 Å². The van der Waals surface area contributed by atoms with Crippen molar-refractivity contribution in [3.63, 3.8) is 0 Å². The predicted molar refractivity (Wildman–Crippen MR) is 80.3 cm³/mol. The first-order valence-corrected chi connectivity index (χ1v) is 6.36. The lowest BCUT2D eigenvalue weighted by molar-refractivity contribution is 0.894. The molecule has 0 saturated carbocycles. The van der Waals surface area contributed by atoms with Crippen LogP contribution in [-0.2, 0) is 6.54 Å². The van der Waals surface area contributed by atoms with Crippen LogP contribution in [0.1, 0.15) is 5.56 Å². The Labute approximate surface area is 117 Å². The summed E-state index contributed by atoms with van der Waals surface area (Å²) in [4.78, 5) is 15.1. The van der Waals surface area contributed by atoms with E-state index in [2.05, 4.69) is 15.0 Å². The van der Waals surface area contributed by atoms with Crippen LogP contribution in [0.3, 0.4) is 0 Å². The van der Waals surface area contributed by atoms with E-state index in [0.29, 0.717) is 18.2 Å². The zero-order valence-electron chi connectivity index (χ0n) is 11.2. The van der Waals surface area contributed by atoms with E-state index < -0.39 is 0 Å². The van der Waals surface area contributed by atoms with Crippen LogP contribution in [0, 0.1) is 0 Å². The van der Waals surface area contributed by atoms with Gasteiger partial charge in [-0.05, 0) is 23.8 Å². The number of benzene rings is 1. The number of rotatable bonds is 3. The minimum atomic E-state index is 0.440. The zero-order chi connectivity index (χ0) is 13.9. The van der Waals surface area contributed by atoms with Gasteiger partial charge in [-0.1, -0.05) is 18.2 Å². The zero-order valence-corrected chi connectivity index (χ0v) is 11.2. The first-order chi connectivity index (χ1) is 9.74. The van der Waals surface area contributed by atoms with Crippen LogP contribution in [0.4, 0.5) is 11.6 Å². The largest absolute Gasteiger partial charge is 0.381 e. The van der Waals surface area contributed by atoms with Crippen LogP contribution in [0.2, 0.25) is 0 Å². The number of pyridine rings is 1. The van der Waals surface area contributed by atoms with Crippen molar-refractivity contribution in [2.45, 2.75) is 6.54 Å². The molecule has 0 bridgehead atoms. The third-order valence-corrected chi connectivity index (χ3v) is 3.08. The maximum atomic E-state index is 6.01. The summed E-state index contributed by atoms with van der Waals surface area (Å²) in [5.74, 6) is 1.13. The fraction of sp³-hybridized carbons (Fsp3) is 0.133. The van der Waals surface area contributed by atoms with Crippen molar-refractivity contribution < 1.29 is 0 Å². The Bertz CT molecular complexity index is 727. The Kier molecular flexibility index (Phi) is 3.16. The third kappa shape index (κ3) is 2.38. The van der Waals surface area contributed by atoms with E-state index in [9.17, 15) is 0 Å². The molecule has 5 heteroatoms. The second-order valence-corrected chi connectivity index (χ2v) is 4.64. The van der Waals surface area contributed by atoms with Crippen molar-refractivity contribution in [1.29, 1.82) is 0 Å². The Morgan fingerprint density at radius 3 is 2.50 bits per heavy atom. The molecule has 0 atom stereocenters. The molecule has 1 aromatic carbocycles. The lowest BCUT2D eigenvalue weighted by Crippen LogP contribution is -2.20. The van der Waals surface area contributed by atoms with E-state index in [1.807, 2.05) is 54.5 Å². The monoisotopic (exact) mass is 265 g/mol. The summed E-state index contributed by atoms with van der Waals surface area (Å²) in [5.41, 5.74) is 8.76. The molecular weight excluding hydrogens is 250 g/mol. The average Bonchev–Trinajstić information content (AvgIpc) is 2.47. The number of nitrogens with zero attached hydrogens (tertiary/aromatic N) is 4. The van der Waals surface area contributed by atoms with Gasteiger partial charge in [0.15, 0.2) is 11.6 Å². The van der Waals surface area contributed by atoms with Crippen molar-refractivity contribution in [3.8, 4) is 0 Å². The van der Waals surface area contributed by atoms with Gasteiger partial charge in [0.25, 0.3) is 0 Å². The molecule has 2 N–H and O–H groups in total. The molecule has 0 fully saturated rings. The predicted octanol–water partition coefficient (Wildman–Crippen LogP) is 2.24. The molecule has 0 amide bonds. The SMILES string of the molecule is CN(Cc1cccnc1)c1nc2ccccc2nc1N. The molecule has 0 radical (unpaired) electrons. The summed E-state index contributed by atoms with van der Waals surface area (Å²) < 4.78 is 0. The molecule has 0 saturated heterocycles. The van der Waals surface area contributed by atoms with Gasteiger partial charge in [0.1, 0.15) is 0 Å². The molecule has 3 rings (SSSR count). The summed E-state index contributed by atoms with van der Waals surface area (Å²) in [6, 6.07) is 11.6. The number of nitrogens with two attached hydrogens (primary N) is 1. The number of aromatic nitrogens is 3. The molecule has 2 heterocycles. The van der Waals surface area contributed by atoms with Gasteiger partial charge in [0.2, 0.25) is 0 Å². The molecule has 3 aromatic rings. The van der Waals surface area contributed by atoms with E-state index in [4.69, 9.17) is 5.73 Å². The maximum Gasteiger partial charge on any atom is 0.172 e. The van der Waals surface area contributed by atoms with E-state index in [1.165, 1.54) is 0 Å². The van der Waals surface area contributed by atoms with Crippen LogP contribution in [0.5, 0.6) is 0 Å². The topological polar surface area (TPSA) is 67.9 Å². The van der Waals surface area contributed by atoms with Gasteiger partial charge >= 0.3 is 0 Å². The number of nitrogen functional groups attached to an aromatic ring is 1. The summed E-state index contributed by atoms with van der Waals surface area (Å²) in [7, 11) is 1.95. The van der Waals surface area contributed by atoms with Crippen LogP contribution in [0.25, 0.3) is 11.0 Å². The number of hydrogen-bond acceptors (Lipinski definition) is 5.